The number of rotatable bonds is 2. The highest BCUT2D eigenvalue weighted by Crippen LogP contribution is 2.06. The molecule has 1 N–H and O–H groups in total. The maximum atomic E-state index is 11.8. The fraction of sp³-hybridized carbons (Fsp3) is 0. The highest BCUT2D eigenvalue weighted by atomic mass is 16.1. The Bertz CT molecular complexity index is 475. The molecule has 0 aliphatic heterocycles. The average molecular weight is 200 g/mol. The van der Waals surface area contributed by atoms with Crippen LogP contribution in [0.1, 0.15) is 10.5 Å². The summed E-state index contributed by atoms with van der Waals surface area (Å²) in [6.45, 7) is 0. The van der Waals surface area contributed by atoms with Crippen molar-refractivity contribution in [3.8, 4) is 0 Å². The van der Waals surface area contributed by atoms with Gasteiger partial charge in [0.1, 0.15) is 5.69 Å². The Morgan fingerprint density at radius 3 is 2.73 bits per heavy atom. The number of carbonyl (C=O) groups excluding carboxylic acids is 1. The first-order valence-corrected chi connectivity index (χ1v) is 4.43. The molecule has 0 saturated carbocycles. The number of hydrogen-bond acceptors (Lipinski definition) is 3. The Labute approximate surface area is 88.5 Å². The van der Waals surface area contributed by atoms with Gasteiger partial charge in [0, 0.05) is 18.1 Å². The summed E-state index contributed by atoms with van der Waals surface area (Å²) in [6, 6.07) is 8.72. The fourth-order valence-corrected chi connectivity index (χ4v) is 1.09. The predicted molar refractivity (Wildman–Crippen MR) is 56.4 cm³/mol. The van der Waals surface area contributed by atoms with Gasteiger partial charge in [0.2, 0.25) is 0 Å². The second-order valence-corrected chi connectivity index (χ2v) is 2.84. The molecule has 0 bridgehead atoms. The van der Waals surface area contributed by atoms with Gasteiger partial charge < -0.3 is 5.31 Å². The number of aromatic nitrogens is 2. The molecular formula is C11H9N3O. The first-order chi connectivity index (χ1) is 7.79. The van der Waals surface area contributed by atoms with Gasteiger partial charge in [0.15, 0.2) is 1.41 Å². The van der Waals surface area contributed by atoms with E-state index in [1.54, 1.807) is 24.3 Å². The quantitative estimate of drug-likeness (QED) is 0.803. The minimum atomic E-state index is -0.501. The molecule has 4 heteroatoms. The van der Waals surface area contributed by atoms with Gasteiger partial charge in [-0.25, -0.2) is 4.98 Å². The van der Waals surface area contributed by atoms with Crippen LogP contribution in [0.5, 0.6) is 0 Å². The molecule has 74 valence electrons. The van der Waals surface area contributed by atoms with Crippen LogP contribution < -0.4 is 5.31 Å². The number of anilines is 1. The van der Waals surface area contributed by atoms with E-state index < -0.39 is 5.91 Å². The summed E-state index contributed by atoms with van der Waals surface area (Å²) in [5, 5.41) is 0.796. The molecule has 15 heavy (non-hydrogen) atoms. The highest BCUT2D eigenvalue weighted by Gasteiger charge is 2.05. The molecule has 0 atom stereocenters. The monoisotopic (exact) mass is 200 g/mol. The van der Waals surface area contributed by atoms with Crippen LogP contribution in [0.3, 0.4) is 0 Å². The molecule has 1 amide bonds. The minimum Gasteiger partial charge on any atom is -0.321 e. The molecule has 0 aliphatic rings. The van der Waals surface area contributed by atoms with Crippen LogP contribution in [0.2, 0.25) is 1.41 Å². The van der Waals surface area contributed by atoms with Crippen LogP contribution in [-0.4, -0.2) is 15.9 Å². The fourth-order valence-electron chi connectivity index (χ4n) is 1.09. The van der Waals surface area contributed by atoms with E-state index in [4.69, 9.17) is 1.41 Å². The predicted octanol–water partition coefficient (Wildman–Crippen LogP) is 1.73. The SMILES string of the molecule is [2H]N(C(=O)c1cnccn1)c1ccccc1. The van der Waals surface area contributed by atoms with Crippen molar-refractivity contribution in [1.29, 1.82) is 0 Å². The summed E-state index contributed by atoms with van der Waals surface area (Å²) < 4.78 is 7.67. The first-order valence-electron chi connectivity index (χ1n) is 4.88. The van der Waals surface area contributed by atoms with Crippen LogP contribution in [0.15, 0.2) is 48.9 Å². The molecule has 0 radical (unpaired) electrons. The molecule has 2 rings (SSSR count). The lowest BCUT2D eigenvalue weighted by molar-refractivity contribution is 0.102. The molecule has 2 aromatic rings. The van der Waals surface area contributed by atoms with Crippen molar-refractivity contribution in [3.63, 3.8) is 0 Å². The summed E-state index contributed by atoms with van der Waals surface area (Å²) in [4.78, 5) is 19.4. The van der Waals surface area contributed by atoms with Crippen molar-refractivity contribution < 1.29 is 6.21 Å². The molecule has 0 fully saturated rings. The van der Waals surface area contributed by atoms with E-state index in [2.05, 4.69) is 9.97 Å². The van der Waals surface area contributed by atoms with Gasteiger partial charge in [-0.1, -0.05) is 18.2 Å². The topological polar surface area (TPSA) is 54.9 Å². The van der Waals surface area contributed by atoms with Crippen LogP contribution in [0.4, 0.5) is 5.69 Å². The molecule has 0 aliphatic carbocycles. The zero-order valence-electron chi connectivity index (χ0n) is 8.87. The van der Waals surface area contributed by atoms with E-state index in [1.807, 2.05) is 6.07 Å². The number of hydrogen-bond donors (Lipinski definition) is 1. The highest BCUT2D eigenvalue weighted by molar-refractivity contribution is 6.02. The Hall–Kier alpha value is -2.23. The third-order valence-electron chi connectivity index (χ3n) is 1.77. The summed E-state index contributed by atoms with van der Waals surface area (Å²) in [7, 11) is 0. The van der Waals surface area contributed by atoms with Gasteiger partial charge in [0.25, 0.3) is 5.91 Å². The second kappa shape index (κ2) is 4.32. The van der Waals surface area contributed by atoms with Gasteiger partial charge >= 0.3 is 0 Å². The Morgan fingerprint density at radius 1 is 1.27 bits per heavy atom. The molecule has 1 aromatic carbocycles. The van der Waals surface area contributed by atoms with E-state index in [0.29, 0.717) is 5.69 Å². The number of nitrogens with zero attached hydrogens (tertiary/aromatic N) is 2. The lowest BCUT2D eigenvalue weighted by Crippen LogP contribution is -2.13. The normalized spacial score (nSPS) is 10.5. The van der Waals surface area contributed by atoms with Gasteiger partial charge in [-0.05, 0) is 12.1 Å². The summed E-state index contributed by atoms with van der Waals surface area (Å²) in [5.41, 5.74) is 0.652. The van der Waals surface area contributed by atoms with Crippen LogP contribution in [0, 0.1) is 0 Å². The summed E-state index contributed by atoms with van der Waals surface area (Å²) >= 11 is 0. The van der Waals surface area contributed by atoms with E-state index in [1.165, 1.54) is 18.6 Å². The Kier molecular flexibility index (Phi) is 2.34. The molecular weight excluding hydrogens is 190 g/mol. The van der Waals surface area contributed by atoms with Crippen LogP contribution in [0.25, 0.3) is 0 Å². The van der Waals surface area contributed by atoms with Gasteiger partial charge in [-0.15, -0.1) is 0 Å². The number of carbonyl (C=O) groups is 1. The second-order valence-electron chi connectivity index (χ2n) is 2.84. The smallest absolute Gasteiger partial charge is 0.275 e. The van der Waals surface area contributed by atoms with E-state index >= 15 is 0 Å². The minimum absolute atomic E-state index is 0.154. The van der Waals surface area contributed by atoms with Crippen molar-refractivity contribution >= 4 is 11.6 Å². The zero-order valence-corrected chi connectivity index (χ0v) is 7.87. The Morgan fingerprint density at radius 2 is 2.07 bits per heavy atom. The lowest BCUT2D eigenvalue weighted by Gasteiger charge is -2.02. The van der Waals surface area contributed by atoms with Crippen LogP contribution in [-0.2, 0) is 0 Å². The Balaban J connectivity index is 2.24. The van der Waals surface area contributed by atoms with E-state index in [0.717, 1.165) is 5.31 Å². The standard InChI is InChI=1S/C11H9N3O/c15-11(10-8-12-6-7-13-10)14-9-4-2-1-3-5-9/h1-8H,(H,14,15)/i/hD. The maximum Gasteiger partial charge on any atom is 0.275 e. The molecule has 0 spiro atoms. The third kappa shape index (κ3) is 2.37. The van der Waals surface area contributed by atoms with Gasteiger partial charge in [0.05, 0.1) is 6.20 Å². The molecule has 4 nitrogen and oxygen atoms in total. The lowest BCUT2D eigenvalue weighted by atomic mass is 10.3. The number of para-hydroxylation sites is 1. The molecule has 1 aromatic heterocycles. The van der Waals surface area contributed by atoms with Gasteiger partial charge in [-0.2, -0.15) is 0 Å². The van der Waals surface area contributed by atoms with Crippen molar-refractivity contribution in [2.75, 3.05) is 5.31 Å². The molecule has 0 unspecified atom stereocenters. The number of nitrogens with one attached hydrogen (secondary N) is 1. The van der Waals surface area contributed by atoms with Crippen molar-refractivity contribution in [2.24, 2.45) is 0 Å². The molecule has 0 saturated heterocycles. The number of amides is 1. The number of benzene rings is 1. The summed E-state index contributed by atoms with van der Waals surface area (Å²) in [5.74, 6) is -0.501. The first kappa shape index (κ1) is 8.11. The summed E-state index contributed by atoms with van der Waals surface area (Å²) in [6.07, 6.45) is 4.24. The average Bonchev–Trinajstić information content (AvgIpc) is 2.39. The maximum absolute atomic E-state index is 11.8. The largest absolute Gasteiger partial charge is 0.321 e. The van der Waals surface area contributed by atoms with Gasteiger partial charge in [-0.3, -0.25) is 9.78 Å². The zero-order chi connectivity index (χ0) is 11.4. The third-order valence-corrected chi connectivity index (χ3v) is 1.77. The van der Waals surface area contributed by atoms with Crippen LogP contribution >= 0.6 is 0 Å². The molecule has 1 heterocycles. The van der Waals surface area contributed by atoms with Crippen molar-refractivity contribution in [3.05, 3.63) is 54.6 Å². The van der Waals surface area contributed by atoms with E-state index in [-0.39, 0.29) is 5.69 Å². The van der Waals surface area contributed by atoms with Crippen molar-refractivity contribution in [1.82, 2.24) is 9.97 Å². The van der Waals surface area contributed by atoms with E-state index in [9.17, 15) is 4.79 Å². The van der Waals surface area contributed by atoms with Crippen molar-refractivity contribution in [2.45, 2.75) is 0 Å².